The lowest BCUT2D eigenvalue weighted by atomic mass is 10.1. The highest BCUT2D eigenvalue weighted by molar-refractivity contribution is 5.35. The van der Waals surface area contributed by atoms with E-state index >= 15 is 0 Å². The molecule has 0 amide bonds. The molecule has 1 fully saturated rings. The third kappa shape index (κ3) is 3.48. The van der Waals surface area contributed by atoms with E-state index in [9.17, 15) is 0 Å². The predicted octanol–water partition coefficient (Wildman–Crippen LogP) is 1.14. The summed E-state index contributed by atoms with van der Waals surface area (Å²) in [6.07, 6.45) is 4.40. The largest absolute Gasteiger partial charge is 0.383 e. The standard InChI is InChI=1S/C14H26N4O/c1-4-13-11-18(7-8-19-3)14(16-13)17-6-5-12(10-17)9-15-2/h11-12,15H,4-10H2,1-3H3. The number of ether oxygens (including phenoxy) is 1. The first-order chi connectivity index (χ1) is 9.28. The van der Waals surface area contributed by atoms with Gasteiger partial charge in [-0.05, 0) is 32.4 Å². The number of nitrogens with one attached hydrogen (secondary N) is 1. The minimum atomic E-state index is 0.736. The minimum absolute atomic E-state index is 0.736. The summed E-state index contributed by atoms with van der Waals surface area (Å²) in [5.41, 5.74) is 1.17. The Labute approximate surface area is 116 Å². The topological polar surface area (TPSA) is 42.3 Å². The van der Waals surface area contributed by atoms with E-state index in [1.54, 1.807) is 7.11 Å². The Morgan fingerprint density at radius 3 is 3.05 bits per heavy atom. The Hall–Kier alpha value is -1.07. The van der Waals surface area contributed by atoms with Crippen molar-refractivity contribution in [3.8, 4) is 0 Å². The molecule has 0 aromatic carbocycles. The molecule has 1 N–H and O–H groups in total. The van der Waals surface area contributed by atoms with Gasteiger partial charge < -0.3 is 19.5 Å². The number of methoxy groups -OCH3 is 1. The molecular weight excluding hydrogens is 240 g/mol. The Morgan fingerprint density at radius 2 is 2.37 bits per heavy atom. The van der Waals surface area contributed by atoms with Gasteiger partial charge in [0, 0.05) is 32.9 Å². The zero-order valence-corrected chi connectivity index (χ0v) is 12.4. The average molecular weight is 266 g/mol. The highest BCUT2D eigenvalue weighted by Gasteiger charge is 2.25. The summed E-state index contributed by atoms with van der Waals surface area (Å²) < 4.78 is 7.43. The fourth-order valence-electron chi connectivity index (χ4n) is 2.71. The Morgan fingerprint density at radius 1 is 1.53 bits per heavy atom. The van der Waals surface area contributed by atoms with Crippen LogP contribution in [0.4, 0.5) is 5.95 Å². The van der Waals surface area contributed by atoms with Crippen LogP contribution in [0.25, 0.3) is 0 Å². The van der Waals surface area contributed by atoms with Crippen molar-refractivity contribution in [2.75, 3.05) is 45.3 Å². The van der Waals surface area contributed by atoms with Crippen molar-refractivity contribution < 1.29 is 4.74 Å². The van der Waals surface area contributed by atoms with Gasteiger partial charge in [-0.25, -0.2) is 4.98 Å². The van der Waals surface area contributed by atoms with E-state index in [0.29, 0.717) is 0 Å². The lowest BCUT2D eigenvalue weighted by molar-refractivity contribution is 0.187. The first kappa shape index (κ1) is 14.3. The van der Waals surface area contributed by atoms with Crippen LogP contribution in [0.2, 0.25) is 0 Å². The number of rotatable bonds is 7. The lowest BCUT2D eigenvalue weighted by Gasteiger charge is -2.19. The van der Waals surface area contributed by atoms with Crippen molar-refractivity contribution in [3.63, 3.8) is 0 Å². The van der Waals surface area contributed by atoms with Gasteiger partial charge >= 0.3 is 0 Å². The molecular formula is C14H26N4O. The molecule has 1 unspecified atom stereocenters. The first-order valence-corrected chi connectivity index (χ1v) is 7.23. The maximum absolute atomic E-state index is 5.19. The molecule has 5 heteroatoms. The molecule has 1 atom stereocenters. The van der Waals surface area contributed by atoms with Gasteiger partial charge in [0.1, 0.15) is 0 Å². The molecule has 19 heavy (non-hydrogen) atoms. The van der Waals surface area contributed by atoms with E-state index in [4.69, 9.17) is 9.72 Å². The second kappa shape index (κ2) is 6.91. The van der Waals surface area contributed by atoms with Gasteiger partial charge in [-0.1, -0.05) is 6.92 Å². The SMILES string of the molecule is CCc1cn(CCOC)c(N2CCC(CNC)C2)n1. The summed E-state index contributed by atoms with van der Waals surface area (Å²) in [6.45, 7) is 7.08. The van der Waals surface area contributed by atoms with Crippen molar-refractivity contribution in [1.29, 1.82) is 0 Å². The second-order valence-electron chi connectivity index (χ2n) is 5.23. The van der Waals surface area contributed by atoms with Crippen molar-refractivity contribution >= 4 is 5.95 Å². The molecule has 2 rings (SSSR count). The van der Waals surface area contributed by atoms with E-state index in [0.717, 1.165) is 51.1 Å². The average Bonchev–Trinajstić information content (AvgIpc) is 3.02. The molecule has 5 nitrogen and oxygen atoms in total. The lowest BCUT2D eigenvalue weighted by Crippen LogP contribution is -2.26. The van der Waals surface area contributed by atoms with Crippen LogP contribution in [0.5, 0.6) is 0 Å². The smallest absolute Gasteiger partial charge is 0.205 e. The normalized spacial score (nSPS) is 19.3. The molecule has 0 bridgehead atoms. The fraction of sp³-hybridized carbons (Fsp3) is 0.786. The maximum atomic E-state index is 5.19. The number of anilines is 1. The summed E-state index contributed by atoms with van der Waals surface area (Å²) in [7, 11) is 3.77. The fourth-order valence-corrected chi connectivity index (χ4v) is 2.71. The van der Waals surface area contributed by atoms with E-state index in [-0.39, 0.29) is 0 Å². The molecule has 108 valence electrons. The van der Waals surface area contributed by atoms with Crippen molar-refractivity contribution in [2.24, 2.45) is 5.92 Å². The summed E-state index contributed by atoms with van der Waals surface area (Å²) in [6, 6.07) is 0. The van der Waals surface area contributed by atoms with Gasteiger partial charge in [-0.15, -0.1) is 0 Å². The molecule has 1 aromatic heterocycles. The second-order valence-corrected chi connectivity index (χ2v) is 5.23. The van der Waals surface area contributed by atoms with Crippen molar-refractivity contribution in [2.45, 2.75) is 26.3 Å². The zero-order chi connectivity index (χ0) is 13.7. The number of hydrogen-bond donors (Lipinski definition) is 1. The number of hydrogen-bond acceptors (Lipinski definition) is 4. The predicted molar refractivity (Wildman–Crippen MR) is 77.7 cm³/mol. The van der Waals surface area contributed by atoms with Crippen LogP contribution in [0, 0.1) is 5.92 Å². The number of nitrogens with zero attached hydrogens (tertiary/aromatic N) is 3. The first-order valence-electron chi connectivity index (χ1n) is 7.23. The molecule has 1 aromatic rings. The molecule has 0 radical (unpaired) electrons. The molecule has 1 aliphatic rings. The maximum Gasteiger partial charge on any atom is 0.205 e. The third-order valence-corrected chi connectivity index (χ3v) is 3.77. The van der Waals surface area contributed by atoms with E-state index < -0.39 is 0 Å². The molecule has 0 saturated carbocycles. The van der Waals surface area contributed by atoms with Crippen molar-refractivity contribution in [1.82, 2.24) is 14.9 Å². The monoisotopic (exact) mass is 266 g/mol. The highest BCUT2D eigenvalue weighted by Crippen LogP contribution is 2.23. The van der Waals surface area contributed by atoms with E-state index in [1.165, 1.54) is 12.1 Å². The van der Waals surface area contributed by atoms with Gasteiger partial charge in [0.05, 0.1) is 12.3 Å². The van der Waals surface area contributed by atoms with Gasteiger partial charge in [0.15, 0.2) is 0 Å². The highest BCUT2D eigenvalue weighted by atomic mass is 16.5. The van der Waals surface area contributed by atoms with E-state index in [2.05, 4.69) is 27.9 Å². The number of imidazole rings is 1. The quantitative estimate of drug-likeness (QED) is 0.803. The van der Waals surface area contributed by atoms with Gasteiger partial charge in [0.25, 0.3) is 0 Å². The van der Waals surface area contributed by atoms with Crippen LogP contribution < -0.4 is 10.2 Å². The minimum Gasteiger partial charge on any atom is -0.383 e. The summed E-state index contributed by atoms with van der Waals surface area (Å²) in [5, 5.41) is 3.27. The summed E-state index contributed by atoms with van der Waals surface area (Å²) >= 11 is 0. The summed E-state index contributed by atoms with van der Waals surface area (Å²) in [5.74, 6) is 1.86. The Kier molecular flexibility index (Phi) is 5.22. The number of aryl methyl sites for hydroxylation is 1. The third-order valence-electron chi connectivity index (χ3n) is 3.77. The number of aromatic nitrogens is 2. The molecule has 2 heterocycles. The van der Waals surface area contributed by atoms with Crippen LogP contribution >= 0.6 is 0 Å². The van der Waals surface area contributed by atoms with Gasteiger partial charge in [-0.3, -0.25) is 0 Å². The van der Waals surface area contributed by atoms with Gasteiger partial charge in [-0.2, -0.15) is 0 Å². The van der Waals surface area contributed by atoms with Crippen LogP contribution in [-0.4, -0.2) is 49.9 Å². The van der Waals surface area contributed by atoms with Crippen LogP contribution in [0.1, 0.15) is 19.0 Å². The van der Waals surface area contributed by atoms with Crippen LogP contribution in [0.3, 0.4) is 0 Å². The summed E-state index contributed by atoms with van der Waals surface area (Å²) in [4.78, 5) is 7.18. The van der Waals surface area contributed by atoms with Crippen molar-refractivity contribution in [3.05, 3.63) is 11.9 Å². The molecule has 1 aliphatic heterocycles. The molecule has 0 aliphatic carbocycles. The van der Waals surface area contributed by atoms with Crippen LogP contribution in [-0.2, 0) is 17.7 Å². The van der Waals surface area contributed by atoms with Crippen LogP contribution in [0.15, 0.2) is 6.20 Å². The Balaban J connectivity index is 2.07. The Bertz CT molecular complexity index is 391. The van der Waals surface area contributed by atoms with E-state index in [1.807, 2.05) is 7.05 Å². The van der Waals surface area contributed by atoms with Gasteiger partial charge in [0.2, 0.25) is 5.95 Å². The molecule has 1 saturated heterocycles. The zero-order valence-electron chi connectivity index (χ0n) is 12.4. The molecule has 0 spiro atoms.